The van der Waals surface area contributed by atoms with Gasteiger partial charge in [0.2, 0.25) is 0 Å². The summed E-state index contributed by atoms with van der Waals surface area (Å²) in [6, 6.07) is 10.4. The summed E-state index contributed by atoms with van der Waals surface area (Å²) in [5, 5.41) is 3.40. The van der Waals surface area contributed by atoms with Crippen molar-refractivity contribution in [3.05, 3.63) is 58.3 Å². The molecule has 108 valence electrons. The van der Waals surface area contributed by atoms with Crippen LogP contribution in [0.15, 0.2) is 30.3 Å². The van der Waals surface area contributed by atoms with Crippen molar-refractivity contribution < 1.29 is 0 Å². The van der Waals surface area contributed by atoms with Crippen LogP contribution in [0.5, 0.6) is 0 Å². The Hall–Kier alpha value is -1.94. The van der Waals surface area contributed by atoms with Gasteiger partial charge in [-0.15, -0.1) is 0 Å². The molecule has 0 spiro atoms. The number of aryl methyl sites for hydroxylation is 3. The van der Waals surface area contributed by atoms with Crippen LogP contribution in [0.2, 0.25) is 0 Å². The molecule has 1 aromatic heterocycles. The highest BCUT2D eigenvalue weighted by Gasteiger charge is 2.17. The highest BCUT2D eigenvalue weighted by Crippen LogP contribution is 2.25. The summed E-state index contributed by atoms with van der Waals surface area (Å²) in [5.74, 6) is 0.811. The Morgan fingerprint density at radius 2 is 2.14 bits per heavy atom. The number of fused-ring (bicyclic) bond motifs is 1. The smallest absolute Gasteiger partial charge is 0.136 e. The number of nitrogens with two attached hydrogens (primary N) is 1. The van der Waals surface area contributed by atoms with Crippen molar-refractivity contribution in [2.75, 3.05) is 5.32 Å². The molecular weight excluding hydrogens is 278 g/mol. The van der Waals surface area contributed by atoms with E-state index in [9.17, 15) is 0 Å². The van der Waals surface area contributed by atoms with Gasteiger partial charge in [0, 0.05) is 12.2 Å². The fourth-order valence-electron chi connectivity index (χ4n) is 2.78. The Morgan fingerprint density at radius 3 is 2.90 bits per heavy atom. The highest BCUT2D eigenvalue weighted by molar-refractivity contribution is 7.80. The lowest BCUT2D eigenvalue weighted by Crippen LogP contribution is -2.16. The number of pyridine rings is 1. The number of hydrogen-bond donors (Lipinski definition) is 2. The molecular formula is C17H19N3S. The zero-order chi connectivity index (χ0) is 14.8. The number of nitrogens with zero attached hydrogens (tertiary/aromatic N) is 1. The zero-order valence-corrected chi connectivity index (χ0v) is 13.0. The Balaban J connectivity index is 1.88. The first-order chi connectivity index (χ1) is 10.1. The summed E-state index contributed by atoms with van der Waals surface area (Å²) in [7, 11) is 0. The van der Waals surface area contributed by atoms with Gasteiger partial charge in [-0.25, -0.2) is 4.98 Å². The molecule has 0 radical (unpaired) electrons. The Morgan fingerprint density at radius 1 is 1.33 bits per heavy atom. The topological polar surface area (TPSA) is 50.9 Å². The molecule has 21 heavy (non-hydrogen) atoms. The largest absolute Gasteiger partial charge is 0.389 e. The maximum Gasteiger partial charge on any atom is 0.136 e. The van der Waals surface area contributed by atoms with Crippen molar-refractivity contribution >= 4 is 23.0 Å². The standard InChI is InChI=1S/C17H19N3S/c1-11-5-2-3-6-13(11)10-19-17-14(16(18)21)9-12-7-4-8-15(12)20-17/h2-3,5-6,9H,4,7-8,10H2,1H3,(H2,18,21)(H,19,20). The number of aromatic nitrogens is 1. The van der Waals surface area contributed by atoms with Crippen LogP contribution in [-0.2, 0) is 19.4 Å². The number of nitrogens with one attached hydrogen (secondary N) is 1. The molecule has 0 saturated carbocycles. The fourth-order valence-corrected chi connectivity index (χ4v) is 2.94. The summed E-state index contributed by atoms with van der Waals surface area (Å²) in [4.78, 5) is 5.15. The molecule has 0 bridgehead atoms. The van der Waals surface area contributed by atoms with Gasteiger partial charge in [0.25, 0.3) is 0 Å². The number of hydrogen-bond acceptors (Lipinski definition) is 3. The third kappa shape index (κ3) is 2.90. The van der Waals surface area contributed by atoms with Gasteiger partial charge in [0.1, 0.15) is 10.8 Å². The molecule has 0 unspecified atom stereocenters. The molecule has 0 saturated heterocycles. The number of thiocarbonyl (C=S) groups is 1. The van der Waals surface area contributed by atoms with Gasteiger partial charge in [0.05, 0.1) is 5.56 Å². The maximum atomic E-state index is 5.86. The molecule has 0 aliphatic heterocycles. The van der Waals surface area contributed by atoms with Crippen LogP contribution in [0.3, 0.4) is 0 Å². The monoisotopic (exact) mass is 297 g/mol. The molecule has 0 amide bonds. The summed E-state index contributed by atoms with van der Waals surface area (Å²) >= 11 is 5.18. The molecule has 1 aliphatic rings. The molecule has 3 N–H and O–H groups in total. The van der Waals surface area contributed by atoms with E-state index in [1.807, 2.05) is 6.07 Å². The SMILES string of the molecule is Cc1ccccc1CNc1nc2c(cc1C(N)=S)CCC2. The van der Waals surface area contributed by atoms with Crippen LogP contribution in [0.4, 0.5) is 5.82 Å². The van der Waals surface area contributed by atoms with Gasteiger partial charge < -0.3 is 11.1 Å². The van der Waals surface area contributed by atoms with Crippen LogP contribution >= 0.6 is 12.2 Å². The number of rotatable bonds is 4. The molecule has 3 rings (SSSR count). The molecule has 2 aromatic rings. The van der Waals surface area contributed by atoms with Gasteiger partial charge in [-0.3, -0.25) is 0 Å². The predicted molar refractivity (Wildman–Crippen MR) is 90.7 cm³/mol. The van der Waals surface area contributed by atoms with Crippen molar-refractivity contribution in [1.82, 2.24) is 4.98 Å². The predicted octanol–water partition coefficient (Wildman–Crippen LogP) is 3.13. The quantitative estimate of drug-likeness (QED) is 0.851. The highest BCUT2D eigenvalue weighted by atomic mass is 32.1. The van der Waals surface area contributed by atoms with Crippen LogP contribution < -0.4 is 11.1 Å². The van der Waals surface area contributed by atoms with Gasteiger partial charge in [-0.2, -0.15) is 0 Å². The van der Waals surface area contributed by atoms with Gasteiger partial charge in [0.15, 0.2) is 0 Å². The second-order valence-electron chi connectivity index (χ2n) is 5.49. The van der Waals surface area contributed by atoms with Gasteiger partial charge >= 0.3 is 0 Å². The Labute approximate surface area is 130 Å². The minimum atomic E-state index is 0.407. The molecule has 1 aliphatic carbocycles. The van der Waals surface area contributed by atoms with Gasteiger partial charge in [-0.05, 0) is 48.9 Å². The second kappa shape index (κ2) is 5.82. The van der Waals surface area contributed by atoms with E-state index >= 15 is 0 Å². The van der Waals surface area contributed by atoms with Crippen LogP contribution in [-0.4, -0.2) is 9.97 Å². The third-order valence-corrected chi connectivity index (χ3v) is 4.24. The Kier molecular flexibility index (Phi) is 3.88. The number of anilines is 1. The second-order valence-corrected chi connectivity index (χ2v) is 5.93. The first-order valence-corrected chi connectivity index (χ1v) is 7.67. The van der Waals surface area contributed by atoms with E-state index in [0.29, 0.717) is 4.99 Å². The van der Waals surface area contributed by atoms with Crippen LogP contribution in [0.1, 0.15) is 34.4 Å². The molecule has 4 heteroatoms. The van der Waals surface area contributed by atoms with E-state index < -0.39 is 0 Å². The van der Waals surface area contributed by atoms with Crippen molar-refractivity contribution in [1.29, 1.82) is 0 Å². The van der Waals surface area contributed by atoms with Crippen LogP contribution in [0.25, 0.3) is 0 Å². The average molecular weight is 297 g/mol. The van der Waals surface area contributed by atoms with E-state index in [1.54, 1.807) is 0 Å². The molecule has 0 fully saturated rings. The molecule has 0 atom stereocenters. The van der Waals surface area contributed by atoms with Crippen molar-refractivity contribution in [2.45, 2.75) is 32.7 Å². The summed E-state index contributed by atoms with van der Waals surface area (Å²) in [5.41, 5.74) is 11.7. The Bertz CT molecular complexity index is 694. The van der Waals surface area contributed by atoms with E-state index in [1.165, 1.54) is 28.8 Å². The van der Waals surface area contributed by atoms with Crippen LogP contribution in [0, 0.1) is 6.92 Å². The normalized spacial score (nSPS) is 13.0. The van der Waals surface area contributed by atoms with Crippen molar-refractivity contribution in [2.24, 2.45) is 5.73 Å². The van der Waals surface area contributed by atoms with Crippen molar-refractivity contribution in [3.8, 4) is 0 Å². The molecule has 3 nitrogen and oxygen atoms in total. The number of benzene rings is 1. The minimum Gasteiger partial charge on any atom is -0.389 e. The molecule has 1 aromatic carbocycles. The van der Waals surface area contributed by atoms with E-state index in [-0.39, 0.29) is 0 Å². The van der Waals surface area contributed by atoms with Crippen molar-refractivity contribution in [3.63, 3.8) is 0 Å². The summed E-state index contributed by atoms with van der Waals surface area (Å²) in [6.45, 7) is 2.84. The lowest BCUT2D eigenvalue weighted by atomic mass is 10.1. The van der Waals surface area contributed by atoms with Gasteiger partial charge in [-0.1, -0.05) is 36.5 Å². The first-order valence-electron chi connectivity index (χ1n) is 7.26. The third-order valence-electron chi connectivity index (χ3n) is 4.02. The maximum absolute atomic E-state index is 5.86. The van der Waals surface area contributed by atoms with E-state index in [0.717, 1.165) is 30.8 Å². The summed E-state index contributed by atoms with van der Waals surface area (Å²) in [6.07, 6.45) is 3.29. The first kappa shape index (κ1) is 14.0. The van der Waals surface area contributed by atoms with E-state index in [4.69, 9.17) is 22.9 Å². The average Bonchev–Trinajstić information content (AvgIpc) is 2.92. The molecule has 1 heterocycles. The van der Waals surface area contributed by atoms with E-state index in [2.05, 4.69) is 36.5 Å². The zero-order valence-electron chi connectivity index (χ0n) is 12.1. The minimum absolute atomic E-state index is 0.407. The summed E-state index contributed by atoms with van der Waals surface area (Å²) < 4.78 is 0. The lowest BCUT2D eigenvalue weighted by Gasteiger charge is -2.13. The fraction of sp³-hybridized carbons (Fsp3) is 0.294. The lowest BCUT2D eigenvalue weighted by molar-refractivity contribution is 0.899.